The number of carbonyl (C=O) groups excluding carboxylic acids is 2. The number of hydrogen-bond acceptors (Lipinski definition) is 5. The highest BCUT2D eigenvalue weighted by Crippen LogP contribution is 2.21. The Morgan fingerprint density at radius 1 is 1.07 bits per heavy atom. The molecule has 2 heterocycles. The Labute approximate surface area is 182 Å². The number of rotatable bonds is 7. The van der Waals surface area contributed by atoms with Crippen LogP contribution in [0.2, 0.25) is 5.02 Å². The summed E-state index contributed by atoms with van der Waals surface area (Å²) in [5, 5.41) is 5.97. The van der Waals surface area contributed by atoms with Gasteiger partial charge in [-0.2, -0.15) is 0 Å². The molecule has 0 saturated carbocycles. The number of halogens is 1. The van der Waals surface area contributed by atoms with Crippen molar-refractivity contribution >= 4 is 23.4 Å². The van der Waals surface area contributed by atoms with E-state index >= 15 is 0 Å². The Hall–Kier alpha value is -2.48. The number of nitrogens with one attached hydrogen (secondary N) is 2. The lowest BCUT2D eigenvalue weighted by atomic mass is 10.1. The summed E-state index contributed by atoms with van der Waals surface area (Å²) in [4.78, 5) is 33.6. The topological polar surface area (TPSA) is 77.6 Å². The van der Waals surface area contributed by atoms with Crippen LogP contribution in [0.5, 0.6) is 0 Å². The van der Waals surface area contributed by atoms with E-state index in [0.29, 0.717) is 11.6 Å². The molecule has 3 rings (SSSR count). The van der Waals surface area contributed by atoms with E-state index < -0.39 is 11.8 Å². The highest BCUT2D eigenvalue weighted by atomic mass is 35.5. The second kappa shape index (κ2) is 11.1. The van der Waals surface area contributed by atoms with Crippen LogP contribution in [0.4, 0.5) is 0 Å². The molecular weight excluding hydrogens is 402 g/mol. The third kappa shape index (κ3) is 6.01. The van der Waals surface area contributed by atoms with Crippen molar-refractivity contribution in [3.63, 3.8) is 0 Å². The van der Waals surface area contributed by atoms with Crippen LogP contribution in [0.3, 0.4) is 0 Å². The molecule has 30 heavy (non-hydrogen) atoms. The Balaban J connectivity index is 1.57. The number of benzene rings is 1. The number of nitrogens with zero attached hydrogens (tertiary/aromatic N) is 3. The predicted molar refractivity (Wildman–Crippen MR) is 117 cm³/mol. The standard InChI is InChI=1S/C22H28ClN5O2/c1-2-27-10-12-28(13-11-27)20(18-7-5-9-24-14-18)16-26-22(30)21(29)25-15-17-6-3-4-8-19(17)23/h3-9,14,20H,2,10-13,15-16H2,1H3,(H,25,29)(H,26,30). The summed E-state index contributed by atoms with van der Waals surface area (Å²) >= 11 is 6.10. The van der Waals surface area contributed by atoms with Crippen molar-refractivity contribution in [3.8, 4) is 0 Å². The number of likely N-dealkylation sites (N-methyl/N-ethyl adjacent to an activating group) is 1. The third-order valence-electron chi connectivity index (χ3n) is 5.42. The van der Waals surface area contributed by atoms with E-state index in [9.17, 15) is 9.59 Å². The van der Waals surface area contributed by atoms with Gasteiger partial charge in [-0.3, -0.25) is 19.5 Å². The van der Waals surface area contributed by atoms with Gasteiger partial charge in [-0.1, -0.05) is 42.8 Å². The molecule has 1 unspecified atom stereocenters. The maximum Gasteiger partial charge on any atom is 0.309 e. The number of piperazine rings is 1. The number of pyridine rings is 1. The average Bonchev–Trinajstić information content (AvgIpc) is 2.79. The van der Waals surface area contributed by atoms with Gasteiger partial charge in [0.2, 0.25) is 0 Å². The fourth-order valence-electron chi connectivity index (χ4n) is 3.59. The molecule has 8 heteroatoms. The fraction of sp³-hybridized carbons (Fsp3) is 0.409. The van der Waals surface area contributed by atoms with Crippen molar-refractivity contribution in [2.45, 2.75) is 19.5 Å². The molecule has 1 aromatic carbocycles. The molecule has 1 aliphatic heterocycles. The number of carbonyl (C=O) groups is 2. The molecular formula is C22H28ClN5O2. The molecule has 0 radical (unpaired) electrons. The van der Waals surface area contributed by atoms with Crippen molar-refractivity contribution in [2.24, 2.45) is 0 Å². The van der Waals surface area contributed by atoms with Gasteiger partial charge in [0.05, 0.1) is 6.04 Å². The first-order valence-corrected chi connectivity index (χ1v) is 10.6. The van der Waals surface area contributed by atoms with E-state index in [4.69, 9.17) is 11.6 Å². The molecule has 0 spiro atoms. The highest BCUT2D eigenvalue weighted by Gasteiger charge is 2.26. The maximum absolute atomic E-state index is 12.4. The van der Waals surface area contributed by atoms with Crippen LogP contribution in [0, 0.1) is 0 Å². The van der Waals surface area contributed by atoms with Gasteiger partial charge >= 0.3 is 11.8 Å². The van der Waals surface area contributed by atoms with Crippen molar-refractivity contribution in [1.82, 2.24) is 25.4 Å². The molecule has 0 bridgehead atoms. The van der Waals surface area contributed by atoms with Crippen molar-refractivity contribution < 1.29 is 9.59 Å². The Bertz CT molecular complexity index is 840. The first-order chi connectivity index (χ1) is 14.6. The second-order valence-electron chi connectivity index (χ2n) is 7.26. The first kappa shape index (κ1) is 22.2. The molecule has 1 saturated heterocycles. The highest BCUT2D eigenvalue weighted by molar-refractivity contribution is 6.35. The van der Waals surface area contributed by atoms with Crippen LogP contribution in [0.1, 0.15) is 24.1 Å². The van der Waals surface area contributed by atoms with E-state index in [2.05, 4.69) is 32.3 Å². The van der Waals surface area contributed by atoms with Crippen LogP contribution in [-0.2, 0) is 16.1 Å². The molecule has 160 valence electrons. The van der Waals surface area contributed by atoms with E-state index in [1.54, 1.807) is 12.3 Å². The lowest BCUT2D eigenvalue weighted by Gasteiger charge is -2.39. The van der Waals surface area contributed by atoms with Gasteiger partial charge in [0.25, 0.3) is 0 Å². The van der Waals surface area contributed by atoms with Gasteiger partial charge in [0, 0.05) is 56.7 Å². The first-order valence-electron chi connectivity index (χ1n) is 10.2. The number of aromatic nitrogens is 1. The quantitative estimate of drug-likeness (QED) is 0.657. The monoisotopic (exact) mass is 429 g/mol. The van der Waals surface area contributed by atoms with Gasteiger partial charge < -0.3 is 15.5 Å². The van der Waals surface area contributed by atoms with Crippen molar-refractivity contribution in [3.05, 3.63) is 64.9 Å². The third-order valence-corrected chi connectivity index (χ3v) is 5.79. The van der Waals surface area contributed by atoms with Gasteiger partial charge in [-0.25, -0.2) is 0 Å². The summed E-state index contributed by atoms with van der Waals surface area (Å²) in [5.41, 5.74) is 1.79. The molecule has 2 amide bonds. The number of amides is 2. The van der Waals surface area contributed by atoms with Crippen LogP contribution in [-0.4, -0.2) is 65.9 Å². The largest absolute Gasteiger partial charge is 0.346 e. The van der Waals surface area contributed by atoms with Gasteiger partial charge in [-0.15, -0.1) is 0 Å². The zero-order chi connectivity index (χ0) is 21.3. The van der Waals surface area contributed by atoms with Crippen LogP contribution < -0.4 is 10.6 Å². The minimum absolute atomic E-state index is 0.0296. The number of hydrogen-bond donors (Lipinski definition) is 2. The molecule has 1 aliphatic rings. The zero-order valence-electron chi connectivity index (χ0n) is 17.2. The Morgan fingerprint density at radius 2 is 1.80 bits per heavy atom. The lowest BCUT2D eigenvalue weighted by Crippen LogP contribution is -2.50. The zero-order valence-corrected chi connectivity index (χ0v) is 17.9. The lowest BCUT2D eigenvalue weighted by molar-refractivity contribution is -0.139. The molecule has 7 nitrogen and oxygen atoms in total. The maximum atomic E-state index is 12.4. The van der Waals surface area contributed by atoms with Gasteiger partial charge in [0.15, 0.2) is 0 Å². The predicted octanol–water partition coefficient (Wildman–Crippen LogP) is 1.85. The van der Waals surface area contributed by atoms with Gasteiger partial charge in [0.1, 0.15) is 0 Å². The molecule has 1 aromatic heterocycles. The Morgan fingerprint density at radius 3 is 2.47 bits per heavy atom. The van der Waals surface area contributed by atoms with Crippen molar-refractivity contribution in [1.29, 1.82) is 0 Å². The molecule has 1 fully saturated rings. The summed E-state index contributed by atoms with van der Waals surface area (Å²) in [6, 6.07) is 11.1. The smallest absolute Gasteiger partial charge is 0.309 e. The minimum Gasteiger partial charge on any atom is -0.346 e. The minimum atomic E-state index is -0.671. The Kier molecular flexibility index (Phi) is 8.19. The normalized spacial score (nSPS) is 16.1. The molecule has 1 atom stereocenters. The van der Waals surface area contributed by atoms with E-state index in [-0.39, 0.29) is 12.6 Å². The van der Waals surface area contributed by atoms with Crippen molar-refractivity contribution in [2.75, 3.05) is 39.3 Å². The fourth-order valence-corrected chi connectivity index (χ4v) is 3.79. The molecule has 2 aromatic rings. The summed E-state index contributed by atoms with van der Waals surface area (Å²) < 4.78 is 0. The molecule has 0 aliphatic carbocycles. The van der Waals surface area contributed by atoms with E-state index in [1.807, 2.05) is 36.5 Å². The average molecular weight is 430 g/mol. The van der Waals surface area contributed by atoms with Gasteiger partial charge in [-0.05, 0) is 29.8 Å². The van der Waals surface area contributed by atoms with Crippen LogP contribution in [0.15, 0.2) is 48.8 Å². The van der Waals surface area contributed by atoms with Crippen LogP contribution in [0.25, 0.3) is 0 Å². The summed E-state index contributed by atoms with van der Waals surface area (Å²) in [6.45, 7) is 7.53. The van der Waals surface area contributed by atoms with E-state index in [0.717, 1.165) is 43.9 Å². The van der Waals surface area contributed by atoms with Crippen LogP contribution >= 0.6 is 11.6 Å². The summed E-state index contributed by atoms with van der Waals surface area (Å²) in [5.74, 6) is -1.32. The second-order valence-corrected chi connectivity index (χ2v) is 7.66. The molecule has 2 N–H and O–H groups in total. The summed E-state index contributed by atoms with van der Waals surface area (Å²) in [6.07, 6.45) is 3.55. The summed E-state index contributed by atoms with van der Waals surface area (Å²) in [7, 11) is 0. The van der Waals surface area contributed by atoms with E-state index in [1.165, 1.54) is 0 Å². The SMILES string of the molecule is CCN1CCN(C(CNC(=O)C(=O)NCc2ccccc2Cl)c2cccnc2)CC1.